The van der Waals surface area contributed by atoms with Crippen molar-refractivity contribution in [2.24, 2.45) is 0 Å². The molecule has 1 aromatic heterocycles. The van der Waals surface area contributed by atoms with Crippen LogP contribution in [0.3, 0.4) is 0 Å². The predicted octanol–water partition coefficient (Wildman–Crippen LogP) is 2.77. The fourth-order valence-electron chi connectivity index (χ4n) is 3.02. The summed E-state index contributed by atoms with van der Waals surface area (Å²) in [7, 11) is -2.62. The van der Waals surface area contributed by atoms with E-state index in [1.807, 2.05) is 0 Å². The molecule has 24 heavy (non-hydrogen) atoms. The Morgan fingerprint density at radius 3 is 2.92 bits per heavy atom. The molecule has 0 bridgehead atoms. The van der Waals surface area contributed by atoms with Gasteiger partial charge >= 0.3 is 7.82 Å². The molecule has 0 saturated carbocycles. The van der Waals surface area contributed by atoms with E-state index in [1.165, 1.54) is 7.11 Å². The third-order valence-electron chi connectivity index (χ3n) is 4.11. The van der Waals surface area contributed by atoms with Gasteiger partial charge in [0.1, 0.15) is 18.3 Å². The lowest BCUT2D eigenvalue weighted by Crippen LogP contribution is -2.40. The number of benzene rings is 1. The van der Waals surface area contributed by atoms with Crippen molar-refractivity contribution in [1.82, 2.24) is 9.55 Å². The maximum absolute atomic E-state index is 11.7. The monoisotopic (exact) mass is 394 g/mol. The molecule has 1 unspecified atom stereocenters. The number of hydrogen-bond acceptors (Lipinski definition) is 6. The van der Waals surface area contributed by atoms with Gasteiger partial charge in [0.25, 0.3) is 0 Å². The molecule has 1 N–H and O–H groups in total. The maximum Gasteiger partial charge on any atom is 0.472 e. The van der Waals surface area contributed by atoms with Gasteiger partial charge in [0.2, 0.25) is 0 Å². The average Bonchev–Trinajstić information content (AvgIpc) is 3.07. The molecule has 2 aliphatic rings. The van der Waals surface area contributed by atoms with Crippen molar-refractivity contribution >= 4 is 42.1 Å². The van der Waals surface area contributed by atoms with Crippen LogP contribution in [0.5, 0.6) is 0 Å². The number of phosphoric acid groups is 1. The number of aromatic nitrogens is 2. The Bertz CT molecular complexity index is 845. The number of phosphoric ester groups is 1. The van der Waals surface area contributed by atoms with E-state index in [2.05, 4.69) is 4.98 Å². The minimum atomic E-state index is -4.10. The number of ether oxygens (including phenoxy) is 2. The average molecular weight is 395 g/mol. The zero-order valence-electron chi connectivity index (χ0n) is 12.3. The van der Waals surface area contributed by atoms with Crippen LogP contribution in [0, 0.1) is 0 Å². The highest BCUT2D eigenvalue weighted by Gasteiger charge is 2.53. The van der Waals surface area contributed by atoms with Crippen LogP contribution in [-0.4, -0.2) is 46.5 Å². The minimum Gasteiger partial charge on any atom is -0.374 e. The summed E-state index contributed by atoms with van der Waals surface area (Å²) in [4.78, 5) is 13.8. The van der Waals surface area contributed by atoms with E-state index in [-0.39, 0.29) is 6.61 Å². The lowest BCUT2D eigenvalue weighted by atomic mass is 10.1. The Morgan fingerprint density at radius 2 is 2.17 bits per heavy atom. The Morgan fingerprint density at radius 1 is 1.42 bits per heavy atom. The molecule has 2 saturated heterocycles. The summed E-state index contributed by atoms with van der Waals surface area (Å²) in [5.74, 6) is 0. The van der Waals surface area contributed by atoms with Gasteiger partial charge in [-0.2, -0.15) is 0 Å². The fraction of sp³-hybridized carbons (Fsp3) is 0.462. The van der Waals surface area contributed by atoms with Crippen molar-refractivity contribution in [3.05, 3.63) is 28.5 Å². The van der Waals surface area contributed by atoms with Crippen molar-refractivity contribution < 1.29 is 28.0 Å². The largest absolute Gasteiger partial charge is 0.472 e. The van der Waals surface area contributed by atoms with E-state index in [0.717, 1.165) is 0 Å². The highest BCUT2D eigenvalue weighted by atomic mass is 35.5. The molecule has 4 rings (SSSR count). The van der Waals surface area contributed by atoms with Crippen LogP contribution in [0.15, 0.2) is 18.5 Å². The van der Waals surface area contributed by atoms with E-state index < -0.39 is 32.4 Å². The van der Waals surface area contributed by atoms with Crippen LogP contribution >= 0.6 is 31.0 Å². The summed E-state index contributed by atoms with van der Waals surface area (Å²) in [6, 6.07) is 3.33. The topological polar surface area (TPSA) is 92.0 Å². The molecule has 2 aromatic rings. The first-order valence-electron chi connectivity index (χ1n) is 7.05. The molecule has 0 amide bonds. The molecule has 2 aliphatic heterocycles. The van der Waals surface area contributed by atoms with Crippen LogP contribution < -0.4 is 0 Å². The number of hydrogen-bond donors (Lipinski definition) is 1. The van der Waals surface area contributed by atoms with Crippen molar-refractivity contribution in [2.75, 3.05) is 13.7 Å². The first-order chi connectivity index (χ1) is 11.4. The highest BCUT2D eigenvalue weighted by molar-refractivity contribution is 7.47. The van der Waals surface area contributed by atoms with E-state index >= 15 is 0 Å². The first kappa shape index (κ1) is 16.8. The lowest BCUT2D eigenvalue weighted by Gasteiger charge is -2.29. The second kappa shape index (κ2) is 5.93. The Hall–Kier alpha value is -0.700. The van der Waals surface area contributed by atoms with Gasteiger partial charge in [0, 0.05) is 7.11 Å². The third-order valence-corrected chi connectivity index (χ3v) is 5.81. The van der Waals surface area contributed by atoms with Gasteiger partial charge in [0.05, 0.1) is 34.0 Å². The molecule has 0 spiro atoms. The van der Waals surface area contributed by atoms with Gasteiger partial charge in [-0.05, 0) is 12.1 Å². The third kappa shape index (κ3) is 2.67. The number of imidazole rings is 1. The second-order valence-electron chi connectivity index (χ2n) is 5.51. The number of rotatable bonds is 2. The predicted molar refractivity (Wildman–Crippen MR) is 85.1 cm³/mol. The molecule has 2 fully saturated rings. The molecule has 11 heteroatoms. The molecule has 3 heterocycles. The van der Waals surface area contributed by atoms with Gasteiger partial charge in [-0.15, -0.1) is 0 Å². The van der Waals surface area contributed by atoms with E-state index in [4.69, 9.17) is 41.7 Å². The van der Waals surface area contributed by atoms with Crippen molar-refractivity contribution in [2.45, 2.75) is 24.5 Å². The smallest absolute Gasteiger partial charge is 0.374 e. The Balaban J connectivity index is 1.74. The Labute approximate surface area is 146 Å². The summed E-state index contributed by atoms with van der Waals surface area (Å²) < 4.78 is 34.7. The summed E-state index contributed by atoms with van der Waals surface area (Å²) in [5, 5.41) is 0.784. The van der Waals surface area contributed by atoms with Crippen LogP contribution in [0.4, 0.5) is 0 Å². The van der Waals surface area contributed by atoms with Crippen molar-refractivity contribution in [3.8, 4) is 0 Å². The molecule has 0 radical (unpaired) electrons. The fourth-order valence-corrected chi connectivity index (χ4v) is 4.30. The second-order valence-corrected chi connectivity index (χ2v) is 7.73. The normalized spacial score (nSPS) is 36.2. The van der Waals surface area contributed by atoms with E-state index in [9.17, 15) is 9.46 Å². The van der Waals surface area contributed by atoms with Crippen LogP contribution in [0.2, 0.25) is 10.0 Å². The van der Waals surface area contributed by atoms with Crippen LogP contribution in [0.1, 0.15) is 6.23 Å². The number of fused-ring (bicyclic) bond motifs is 2. The van der Waals surface area contributed by atoms with Crippen LogP contribution in [-0.2, 0) is 23.1 Å². The summed E-state index contributed by atoms with van der Waals surface area (Å²) in [6.45, 7) is -0.0615. The quantitative estimate of drug-likeness (QED) is 0.782. The molecule has 130 valence electrons. The van der Waals surface area contributed by atoms with Gasteiger partial charge in [-0.1, -0.05) is 23.2 Å². The SMILES string of the molecule is CO[C@@H]1[C@@H]2OP(=O)(O)OC[C@H]2O[C@H]1n1cnc2cc(Cl)c(Cl)cc21. The minimum absolute atomic E-state index is 0.0615. The van der Waals surface area contributed by atoms with Crippen molar-refractivity contribution in [3.63, 3.8) is 0 Å². The molecular formula is C13H13Cl2N2O6P. The number of halogens is 2. The van der Waals surface area contributed by atoms with Gasteiger partial charge < -0.3 is 18.9 Å². The molecule has 0 aliphatic carbocycles. The lowest BCUT2D eigenvalue weighted by molar-refractivity contribution is -0.0666. The summed E-state index contributed by atoms with van der Waals surface area (Å²) in [5.41, 5.74) is 1.34. The van der Waals surface area contributed by atoms with Gasteiger partial charge in [0.15, 0.2) is 6.23 Å². The molecule has 8 nitrogen and oxygen atoms in total. The number of methoxy groups -OCH3 is 1. The standard InChI is InChI=1S/C13H13Cl2N2O6P/c1-20-12-11-10(4-21-24(18,19)23-11)22-13(12)17-5-16-8-2-6(14)7(15)3-9(8)17/h2-3,5,10-13H,4H2,1H3,(H,18,19)/t10-,11-,12-,13-/m1/s1. The van der Waals surface area contributed by atoms with Crippen molar-refractivity contribution in [1.29, 1.82) is 0 Å². The summed E-state index contributed by atoms with van der Waals surface area (Å²) >= 11 is 12.1. The van der Waals surface area contributed by atoms with E-state index in [1.54, 1.807) is 23.0 Å². The van der Waals surface area contributed by atoms with Crippen LogP contribution in [0.25, 0.3) is 11.0 Å². The van der Waals surface area contributed by atoms with Gasteiger partial charge in [-0.25, -0.2) is 9.55 Å². The van der Waals surface area contributed by atoms with Gasteiger partial charge in [-0.3, -0.25) is 9.05 Å². The first-order valence-corrected chi connectivity index (χ1v) is 9.30. The zero-order chi connectivity index (χ0) is 17.1. The highest BCUT2D eigenvalue weighted by Crippen LogP contribution is 2.53. The zero-order valence-corrected chi connectivity index (χ0v) is 14.7. The van der Waals surface area contributed by atoms with E-state index in [0.29, 0.717) is 21.1 Å². The molecular weight excluding hydrogens is 382 g/mol. The molecule has 5 atom stereocenters. The Kier molecular flexibility index (Phi) is 4.14. The number of nitrogens with zero attached hydrogens (tertiary/aromatic N) is 2. The summed E-state index contributed by atoms with van der Waals surface area (Å²) in [6.07, 6.45) is -0.926. The molecule has 1 aromatic carbocycles. The maximum atomic E-state index is 11.7.